The highest BCUT2D eigenvalue weighted by molar-refractivity contribution is 7.99. The summed E-state index contributed by atoms with van der Waals surface area (Å²) in [5, 5.41) is 11.9. The molecule has 1 aliphatic carbocycles. The number of anilines is 1. The largest absolute Gasteiger partial charge is 0.325 e. The fraction of sp³-hybridized carbons (Fsp3) is 0.353. The lowest BCUT2D eigenvalue weighted by atomic mass is 10.3. The molecule has 1 fully saturated rings. The van der Waals surface area contributed by atoms with Crippen molar-refractivity contribution in [2.75, 3.05) is 17.3 Å². The Morgan fingerprint density at radius 1 is 1.35 bits per heavy atom. The predicted molar refractivity (Wildman–Crippen MR) is 101 cm³/mol. The third-order valence-corrected chi connectivity index (χ3v) is 5.99. The highest BCUT2D eigenvalue weighted by Gasteiger charge is 2.30. The van der Waals surface area contributed by atoms with Gasteiger partial charge < -0.3 is 9.88 Å². The van der Waals surface area contributed by atoms with Crippen LogP contribution in [0, 0.1) is 0 Å². The average molecular weight is 393 g/mol. The molecular weight excluding hydrogens is 372 g/mol. The van der Waals surface area contributed by atoms with Crippen molar-refractivity contribution in [1.29, 1.82) is 0 Å². The van der Waals surface area contributed by atoms with Crippen molar-refractivity contribution >= 4 is 33.2 Å². The third-order valence-electron chi connectivity index (χ3n) is 3.90. The van der Waals surface area contributed by atoms with Crippen molar-refractivity contribution in [2.45, 2.75) is 35.4 Å². The number of nitrogens with zero attached hydrogens (tertiary/aromatic N) is 3. The Morgan fingerprint density at radius 2 is 2.04 bits per heavy atom. The Morgan fingerprint density at radius 3 is 2.62 bits per heavy atom. The Balaban J connectivity index is 1.60. The van der Waals surface area contributed by atoms with Gasteiger partial charge in [-0.15, -0.1) is 16.8 Å². The summed E-state index contributed by atoms with van der Waals surface area (Å²) in [7, 11) is -3.25. The summed E-state index contributed by atoms with van der Waals surface area (Å²) in [6.45, 7) is 4.39. The van der Waals surface area contributed by atoms with Crippen LogP contribution >= 0.6 is 11.8 Å². The van der Waals surface area contributed by atoms with Gasteiger partial charge in [0.15, 0.2) is 15.0 Å². The second kappa shape index (κ2) is 7.63. The molecule has 9 heteroatoms. The van der Waals surface area contributed by atoms with Gasteiger partial charge in [0.05, 0.1) is 10.6 Å². The zero-order valence-electron chi connectivity index (χ0n) is 14.4. The molecular formula is C17H20N4O3S2. The van der Waals surface area contributed by atoms with Gasteiger partial charge in [0.2, 0.25) is 5.91 Å². The van der Waals surface area contributed by atoms with Crippen LogP contribution < -0.4 is 5.32 Å². The Bertz CT molecular complexity index is 916. The fourth-order valence-corrected chi connectivity index (χ4v) is 3.85. The van der Waals surface area contributed by atoms with E-state index in [2.05, 4.69) is 22.1 Å². The quantitative estimate of drug-likeness (QED) is 0.548. The van der Waals surface area contributed by atoms with Gasteiger partial charge in [0.1, 0.15) is 5.82 Å². The van der Waals surface area contributed by atoms with Crippen LogP contribution in [0.25, 0.3) is 0 Å². The van der Waals surface area contributed by atoms with Gasteiger partial charge in [-0.25, -0.2) is 8.42 Å². The molecule has 1 saturated carbocycles. The van der Waals surface area contributed by atoms with E-state index in [-0.39, 0.29) is 16.6 Å². The van der Waals surface area contributed by atoms with Crippen LogP contribution in [0.15, 0.2) is 47.0 Å². The minimum atomic E-state index is -3.25. The van der Waals surface area contributed by atoms with E-state index < -0.39 is 9.84 Å². The summed E-state index contributed by atoms with van der Waals surface area (Å²) >= 11 is 1.32. The molecule has 7 nitrogen and oxygen atoms in total. The van der Waals surface area contributed by atoms with Crippen molar-refractivity contribution < 1.29 is 13.2 Å². The van der Waals surface area contributed by atoms with Gasteiger partial charge in [0, 0.05) is 24.4 Å². The van der Waals surface area contributed by atoms with Gasteiger partial charge in [-0.05, 0) is 37.1 Å². The molecule has 0 saturated heterocycles. The summed E-state index contributed by atoms with van der Waals surface area (Å²) in [6, 6.07) is 6.09. The highest BCUT2D eigenvalue weighted by Crippen LogP contribution is 2.40. The Hall–Kier alpha value is -2.13. The van der Waals surface area contributed by atoms with Gasteiger partial charge in [-0.2, -0.15) is 0 Å². The Kier molecular flexibility index (Phi) is 5.47. The molecule has 26 heavy (non-hydrogen) atoms. The molecule has 1 heterocycles. The van der Waals surface area contributed by atoms with Crippen molar-refractivity contribution in [2.24, 2.45) is 0 Å². The molecule has 0 atom stereocenters. The Labute approximate surface area is 156 Å². The van der Waals surface area contributed by atoms with Gasteiger partial charge in [-0.1, -0.05) is 17.8 Å². The summed E-state index contributed by atoms with van der Waals surface area (Å²) < 4.78 is 24.9. The van der Waals surface area contributed by atoms with E-state index in [1.54, 1.807) is 18.2 Å². The van der Waals surface area contributed by atoms with Crippen molar-refractivity contribution in [3.63, 3.8) is 0 Å². The molecule has 0 unspecified atom stereocenters. The number of rotatable bonds is 8. The van der Waals surface area contributed by atoms with E-state index >= 15 is 0 Å². The van der Waals surface area contributed by atoms with Crippen LogP contribution in [-0.2, 0) is 21.2 Å². The average Bonchev–Trinajstić information content (AvgIpc) is 3.35. The first-order valence-corrected chi connectivity index (χ1v) is 11.0. The predicted octanol–water partition coefficient (Wildman–Crippen LogP) is 2.48. The first kappa shape index (κ1) is 18.7. The fourth-order valence-electron chi connectivity index (χ4n) is 2.46. The lowest BCUT2D eigenvalue weighted by molar-refractivity contribution is -0.113. The maximum Gasteiger partial charge on any atom is 0.234 e. The summed E-state index contributed by atoms with van der Waals surface area (Å²) in [4.78, 5) is 12.4. The molecule has 3 rings (SSSR count). The lowest BCUT2D eigenvalue weighted by Crippen LogP contribution is -2.15. The minimum absolute atomic E-state index is 0.188. The van der Waals surface area contributed by atoms with Gasteiger partial charge in [0.25, 0.3) is 0 Å². The number of hydrogen-bond acceptors (Lipinski definition) is 6. The van der Waals surface area contributed by atoms with Crippen LogP contribution in [0.1, 0.15) is 24.6 Å². The standard InChI is InChI=1S/C17H20N4O3S2/c1-3-10-21-16(12-4-5-12)19-20-17(21)25-11-15(22)18-13-6-8-14(9-7-13)26(2,23)24/h3,6-9,12H,1,4-5,10-11H2,2H3,(H,18,22). The van der Waals surface area contributed by atoms with E-state index in [0.717, 1.165) is 24.9 Å². The normalized spacial score (nSPS) is 14.2. The van der Waals surface area contributed by atoms with Crippen molar-refractivity contribution in [1.82, 2.24) is 14.8 Å². The van der Waals surface area contributed by atoms with E-state index in [1.807, 2.05) is 4.57 Å². The maximum absolute atomic E-state index is 12.2. The molecule has 138 valence electrons. The first-order valence-electron chi connectivity index (χ1n) is 8.15. The molecule has 2 aromatic rings. The molecule has 0 bridgehead atoms. The number of carbonyl (C=O) groups excluding carboxylic acids is 1. The first-order chi connectivity index (χ1) is 12.4. The second-order valence-corrected chi connectivity index (χ2v) is 9.11. The molecule has 1 aromatic carbocycles. The number of carbonyl (C=O) groups is 1. The summed E-state index contributed by atoms with van der Waals surface area (Å²) in [5.74, 6) is 1.43. The zero-order chi connectivity index (χ0) is 18.7. The minimum Gasteiger partial charge on any atom is -0.325 e. The molecule has 0 aliphatic heterocycles. The van der Waals surface area contributed by atoms with Crippen molar-refractivity contribution in [3.05, 3.63) is 42.7 Å². The number of amides is 1. The zero-order valence-corrected chi connectivity index (χ0v) is 16.0. The smallest absolute Gasteiger partial charge is 0.234 e. The molecule has 0 spiro atoms. The number of sulfone groups is 1. The van der Waals surface area contributed by atoms with Crippen LogP contribution in [0.3, 0.4) is 0 Å². The van der Waals surface area contributed by atoms with Crippen molar-refractivity contribution in [3.8, 4) is 0 Å². The second-order valence-electron chi connectivity index (χ2n) is 6.15. The number of aromatic nitrogens is 3. The molecule has 1 aromatic heterocycles. The monoisotopic (exact) mass is 392 g/mol. The highest BCUT2D eigenvalue weighted by atomic mass is 32.2. The SMILES string of the molecule is C=CCn1c(SCC(=O)Nc2ccc(S(C)(=O)=O)cc2)nnc1C1CC1. The van der Waals surface area contributed by atoms with Crippen LogP contribution in [0.4, 0.5) is 5.69 Å². The molecule has 0 radical (unpaired) electrons. The molecule has 1 aliphatic rings. The van der Waals surface area contributed by atoms with E-state index in [1.165, 1.54) is 23.9 Å². The van der Waals surface area contributed by atoms with Gasteiger partial charge in [-0.3, -0.25) is 4.79 Å². The topological polar surface area (TPSA) is 94.0 Å². The number of allylic oxidation sites excluding steroid dienone is 1. The molecule has 1 amide bonds. The van der Waals surface area contributed by atoms with E-state index in [0.29, 0.717) is 23.3 Å². The number of thioether (sulfide) groups is 1. The van der Waals surface area contributed by atoms with Crippen LogP contribution in [0.5, 0.6) is 0 Å². The van der Waals surface area contributed by atoms with Crippen LogP contribution in [-0.4, -0.2) is 41.1 Å². The number of benzene rings is 1. The van der Waals surface area contributed by atoms with E-state index in [9.17, 15) is 13.2 Å². The van der Waals surface area contributed by atoms with Crippen LogP contribution in [0.2, 0.25) is 0 Å². The molecule has 1 N–H and O–H groups in total. The van der Waals surface area contributed by atoms with E-state index in [4.69, 9.17) is 0 Å². The third kappa shape index (κ3) is 4.53. The number of nitrogens with one attached hydrogen (secondary N) is 1. The van der Waals surface area contributed by atoms with Gasteiger partial charge >= 0.3 is 0 Å². The number of hydrogen-bond donors (Lipinski definition) is 1. The maximum atomic E-state index is 12.2. The summed E-state index contributed by atoms with van der Waals surface area (Å²) in [6.07, 6.45) is 5.20. The lowest BCUT2D eigenvalue weighted by Gasteiger charge is -2.08. The summed E-state index contributed by atoms with van der Waals surface area (Å²) in [5.41, 5.74) is 0.550.